The van der Waals surface area contributed by atoms with Crippen LogP contribution in [0.5, 0.6) is 0 Å². The highest BCUT2D eigenvalue weighted by atomic mass is 16.6. The number of carbonyl (C=O) groups excluding carboxylic acids is 3. The Morgan fingerprint density at radius 3 is 2.05 bits per heavy atom. The largest absolute Gasteiger partial charge is 0.444 e. The van der Waals surface area contributed by atoms with Gasteiger partial charge in [-0.25, -0.2) is 4.79 Å². The number of carbonyl (C=O) groups is 3. The fourth-order valence-corrected chi connectivity index (χ4v) is 4.89. The first kappa shape index (κ1) is 35.9. The molecule has 1 fully saturated rings. The van der Waals surface area contributed by atoms with Crippen molar-refractivity contribution >= 4 is 17.9 Å². The predicted octanol–water partition coefficient (Wildman–Crippen LogP) is 6.20. The van der Waals surface area contributed by atoms with Crippen molar-refractivity contribution in [1.29, 1.82) is 0 Å². The Hall–Kier alpha value is -2.09. The lowest BCUT2D eigenvalue weighted by Crippen LogP contribution is -2.48. The molecule has 3 amide bonds. The third kappa shape index (κ3) is 17.6. The van der Waals surface area contributed by atoms with Gasteiger partial charge >= 0.3 is 6.09 Å². The van der Waals surface area contributed by atoms with Gasteiger partial charge in [0.25, 0.3) is 0 Å². The van der Waals surface area contributed by atoms with Gasteiger partial charge < -0.3 is 20.3 Å². The molecule has 0 bridgehead atoms. The van der Waals surface area contributed by atoms with Crippen LogP contribution < -0.4 is 10.6 Å². The number of allylic oxidation sites excluding steroid dienone is 2. The first-order chi connectivity index (χ1) is 19.0. The molecule has 1 rings (SSSR count). The maximum absolute atomic E-state index is 12.9. The molecule has 1 saturated heterocycles. The van der Waals surface area contributed by atoms with Gasteiger partial charge in [0.15, 0.2) is 0 Å². The number of rotatable bonds is 20. The van der Waals surface area contributed by atoms with Crippen molar-refractivity contribution in [3.8, 4) is 0 Å². The van der Waals surface area contributed by atoms with Crippen LogP contribution in [0.25, 0.3) is 0 Å². The van der Waals surface area contributed by atoms with Crippen LogP contribution in [-0.2, 0) is 14.3 Å². The molecule has 40 heavy (non-hydrogen) atoms. The maximum Gasteiger partial charge on any atom is 0.411 e. The van der Waals surface area contributed by atoms with Gasteiger partial charge in [-0.05, 0) is 73.4 Å². The molecule has 0 unspecified atom stereocenters. The van der Waals surface area contributed by atoms with Gasteiger partial charge in [-0.1, -0.05) is 70.4 Å². The normalized spacial score (nSPS) is 17.5. The van der Waals surface area contributed by atoms with Crippen molar-refractivity contribution in [1.82, 2.24) is 20.4 Å². The van der Waals surface area contributed by atoms with Gasteiger partial charge in [0.2, 0.25) is 11.8 Å². The quantitative estimate of drug-likeness (QED) is 0.136. The zero-order valence-electron chi connectivity index (χ0n) is 26.6. The Morgan fingerprint density at radius 1 is 0.900 bits per heavy atom. The standard InChI is InChI=1S/C32H60N4O4/c1-7-8-9-10-11-12-13-14-15-16-17-18-19-20-21-22-29(37)34-27-25-28(30(38)33-23-24-35(5)6)36(26-27)31(39)40-32(2,3)4/h14-15,27-28H,7-13,16-26H2,1-6H3,(H,33,38)(H,34,37)/t27-,28-/m0/s1. The highest BCUT2D eigenvalue weighted by Gasteiger charge is 2.41. The summed E-state index contributed by atoms with van der Waals surface area (Å²) in [5, 5.41) is 5.96. The lowest BCUT2D eigenvalue weighted by Gasteiger charge is -2.28. The summed E-state index contributed by atoms with van der Waals surface area (Å²) in [6.45, 7) is 9.16. The summed E-state index contributed by atoms with van der Waals surface area (Å²) in [7, 11) is 3.88. The molecule has 2 N–H and O–H groups in total. The van der Waals surface area contributed by atoms with E-state index in [-0.39, 0.29) is 24.4 Å². The Balaban J connectivity index is 2.29. The molecule has 0 aliphatic carbocycles. The molecule has 0 radical (unpaired) electrons. The summed E-state index contributed by atoms with van der Waals surface area (Å²) in [5.74, 6) is -0.220. The molecule has 232 valence electrons. The second-order valence-electron chi connectivity index (χ2n) is 12.6. The van der Waals surface area contributed by atoms with Crippen molar-refractivity contribution in [3.63, 3.8) is 0 Å². The molecule has 8 heteroatoms. The number of likely N-dealkylation sites (N-methyl/N-ethyl adjacent to an activating group) is 1. The lowest BCUT2D eigenvalue weighted by molar-refractivity contribution is -0.125. The average Bonchev–Trinajstić information content (AvgIpc) is 3.29. The lowest BCUT2D eigenvalue weighted by atomic mass is 10.1. The van der Waals surface area contributed by atoms with E-state index in [1.54, 1.807) is 20.8 Å². The Kier molecular flexibility index (Phi) is 18.6. The molecule has 8 nitrogen and oxygen atoms in total. The molecule has 0 saturated carbocycles. The molecule has 0 spiro atoms. The first-order valence-electron chi connectivity index (χ1n) is 15.9. The number of hydrogen-bond donors (Lipinski definition) is 2. The maximum atomic E-state index is 12.9. The van der Waals surface area contributed by atoms with Crippen LogP contribution in [0.4, 0.5) is 4.79 Å². The number of nitrogens with one attached hydrogen (secondary N) is 2. The van der Waals surface area contributed by atoms with Crippen LogP contribution in [-0.4, -0.2) is 79.1 Å². The number of hydrogen-bond acceptors (Lipinski definition) is 5. The van der Waals surface area contributed by atoms with E-state index in [0.717, 1.165) is 25.7 Å². The van der Waals surface area contributed by atoms with E-state index in [0.29, 0.717) is 25.9 Å². The minimum atomic E-state index is -0.659. The fraction of sp³-hybridized carbons (Fsp3) is 0.844. The van der Waals surface area contributed by atoms with E-state index in [2.05, 4.69) is 29.7 Å². The van der Waals surface area contributed by atoms with Crippen LogP contribution in [0.1, 0.15) is 124 Å². The van der Waals surface area contributed by atoms with Crippen molar-refractivity contribution in [2.24, 2.45) is 0 Å². The highest BCUT2D eigenvalue weighted by molar-refractivity contribution is 5.87. The topological polar surface area (TPSA) is 91.0 Å². The average molecular weight is 565 g/mol. The third-order valence-electron chi connectivity index (χ3n) is 7.12. The van der Waals surface area contributed by atoms with Crippen molar-refractivity contribution in [3.05, 3.63) is 12.2 Å². The van der Waals surface area contributed by atoms with E-state index in [1.807, 2.05) is 19.0 Å². The smallest absolute Gasteiger partial charge is 0.411 e. The van der Waals surface area contributed by atoms with Gasteiger partial charge in [0, 0.05) is 32.1 Å². The van der Waals surface area contributed by atoms with E-state index >= 15 is 0 Å². The molecule has 1 aliphatic rings. The second-order valence-corrected chi connectivity index (χ2v) is 12.6. The van der Waals surface area contributed by atoms with Crippen LogP contribution in [0, 0.1) is 0 Å². The Morgan fingerprint density at radius 2 is 1.48 bits per heavy atom. The predicted molar refractivity (Wildman–Crippen MR) is 164 cm³/mol. The summed E-state index contributed by atoms with van der Waals surface area (Å²) in [6.07, 6.45) is 20.9. The second kappa shape index (κ2) is 20.7. The highest BCUT2D eigenvalue weighted by Crippen LogP contribution is 2.22. The van der Waals surface area contributed by atoms with E-state index in [4.69, 9.17) is 4.74 Å². The van der Waals surface area contributed by atoms with Gasteiger partial charge in [-0.3, -0.25) is 14.5 Å². The van der Waals surface area contributed by atoms with E-state index < -0.39 is 17.7 Å². The fourth-order valence-electron chi connectivity index (χ4n) is 4.89. The number of likely N-dealkylation sites (tertiary alicyclic amines) is 1. The Bertz CT molecular complexity index is 748. The minimum absolute atomic E-state index is 0.0135. The van der Waals surface area contributed by atoms with Crippen LogP contribution in [0.3, 0.4) is 0 Å². The number of amides is 3. The summed E-state index contributed by atoms with van der Waals surface area (Å²) >= 11 is 0. The molecular formula is C32H60N4O4. The van der Waals surface area contributed by atoms with Gasteiger partial charge in [0.05, 0.1) is 0 Å². The molecule has 1 aliphatic heterocycles. The summed E-state index contributed by atoms with van der Waals surface area (Å²) in [5.41, 5.74) is -0.659. The molecular weight excluding hydrogens is 504 g/mol. The van der Waals surface area contributed by atoms with Gasteiger partial charge in [0.1, 0.15) is 11.6 Å². The van der Waals surface area contributed by atoms with Crippen LogP contribution in [0.15, 0.2) is 12.2 Å². The zero-order valence-corrected chi connectivity index (χ0v) is 26.6. The monoisotopic (exact) mass is 564 g/mol. The summed E-state index contributed by atoms with van der Waals surface area (Å²) in [6, 6.07) is -0.907. The molecule has 0 aromatic heterocycles. The van der Waals surface area contributed by atoms with E-state index in [9.17, 15) is 14.4 Å². The number of nitrogens with zero attached hydrogens (tertiary/aromatic N) is 2. The van der Waals surface area contributed by atoms with Crippen LogP contribution >= 0.6 is 0 Å². The molecule has 1 heterocycles. The summed E-state index contributed by atoms with van der Waals surface area (Å²) < 4.78 is 5.54. The van der Waals surface area contributed by atoms with E-state index in [1.165, 1.54) is 62.7 Å². The number of unbranched alkanes of at least 4 members (excludes halogenated alkanes) is 11. The van der Waals surface area contributed by atoms with Crippen molar-refractivity contribution < 1.29 is 19.1 Å². The third-order valence-corrected chi connectivity index (χ3v) is 7.12. The first-order valence-corrected chi connectivity index (χ1v) is 15.9. The molecule has 2 atom stereocenters. The summed E-state index contributed by atoms with van der Waals surface area (Å²) in [4.78, 5) is 41.7. The van der Waals surface area contributed by atoms with Crippen LogP contribution in [0.2, 0.25) is 0 Å². The molecule has 0 aromatic rings. The minimum Gasteiger partial charge on any atom is -0.444 e. The van der Waals surface area contributed by atoms with Gasteiger partial charge in [-0.15, -0.1) is 0 Å². The van der Waals surface area contributed by atoms with Gasteiger partial charge in [-0.2, -0.15) is 0 Å². The zero-order chi connectivity index (χ0) is 29.8. The van der Waals surface area contributed by atoms with Crippen molar-refractivity contribution in [2.45, 2.75) is 142 Å². The van der Waals surface area contributed by atoms with Crippen molar-refractivity contribution in [2.75, 3.05) is 33.7 Å². The SMILES string of the molecule is CCCCCCCCC=CCCCCCCCC(=O)N[C@H]1C[C@@H](C(=O)NCCN(C)C)N(C(=O)OC(C)(C)C)C1. The number of ether oxygens (including phenoxy) is 1. The molecule has 0 aromatic carbocycles. The Labute approximate surface area is 245 Å².